The smallest absolute Gasteiger partial charge is 0.341 e. The molecule has 0 saturated heterocycles. The predicted octanol–water partition coefficient (Wildman–Crippen LogP) is 4.87. The maximum atomic E-state index is 12.3. The van der Waals surface area contributed by atoms with Crippen molar-refractivity contribution < 1.29 is 19.1 Å². The number of halogens is 1. The summed E-state index contributed by atoms with van der Waals surface area (Å²) in [6, 6.07) is 16.1. The summed E-state index contributed by atoms with van der Waals surface area (Å²) in [7, 11) is 1.31. The van der Waals surface area contributed by atoms with Crippen LogP contribution in [0.4, 0.5) is 5.00 Å². The normalized spacial score (nSPS) is 10.3. The van der Waals surface area contributed by atoms with Crippen LogP contribution in [0.5, 0.6) is 5.75 Å². The number of carbonyl (C=O) groups is 2. The molecule has 0 atom stereocenters. The molecule has 138 valence electrons. The van der Waals surface area contributed by atoms with Crippen LogP contribution in [0.15, 0.2) is 60.0 Å². The Hall–Kier alpha value is -2.83. The van der Waals surface area contributed by atoms with E-state index in [1.807, 2.05) is 35.7 Å². The van der Waals surface area contributed by atoms with E-state index in [4.69, 9.17) is 21.1 Å². The van der Waals surface area contributed by atoms with Crippen LogP contribution < -0.4 is 10.1 Å². The fraction of sp³-hybridized carbons (Fsp3) is 0.100. The highest BCUT2D eigenvalue weighted by Crippen LogP contribution is 2.36. The molecule has 7 heteroatoms. The number of rotatable bonds is 6. The number of amides is 1. The van der Waals surface area contributed by atoms with Crippen LogP contribution in [0.25, 0.3) is 11.1 Å². The van der Waals surface area contributed by atoms with Crippen molar-refractivity contribution in [2.45, 2.75) is 0 Å². The quantitative estimate of drug-likeness (QED) is 0.598. The number of thiophene rings is 1. The minimum atomic E-state index is -0.510. The molecule has 0 saturated carbocycles. The van der Waals surface area contributed by atoms with Gasteiger partial charge in [-0.25, -0.2) is 4.79 Å². The van der Waals surface area contributed by atoms with E-state index in [0.717, 1.165) is 5.56 Å². The van der Waals surface area contributed by atoms with E-state index in [9.17, 15) is 9.59 Å². The van der Waals surface area contributed by atoms with Crippen molar-refractivity contribution >= 4 is 39.8 Å². The number of carbonyl (C=O) groups excluding carboxylic acids is 2. The maximum absolute atomic E-state index is 12.3. The number of benzene rings is 2. The van der Waals surface area contributed by atoms with Crippen LogP contribution in [0, 0.1) is 0 Å². The summed E-state index contributed by atoms with van der Waals surface area (Å²) in [5, 5.41) is 5.55. The first-order chi connectivity index (χ1) is 13.1. The summed E-state index contributed by atoms with van der Waals surface area (Å²) in [5.74, 6) is -0.362. The van der Waals surface area contributed by atoms with Gasteiger partial charge < -0.3 is 14.8 Å². The summed E-state index contributed by atoms with van der Waals surface area (Å²) in [5.41, 5.74) is 1.90. The van der Waals surface area contributed by atoms with Crippen molar-refractivity contribution in [2.75, 3.05) is 19.0 Å². The molecular formula is C20H16ClNO4S. The van der Waals surface area contributed by atoms with Gasteiger partial charge in [0, 0.05) is 16.0 Å². The van der Waals surface area contributed by atoms with Crippen LogP contribution in [-0.4, -0.2) is 25.6 Å². The average Bonchev–Trinajstić information content (AvgIpc) is 3.11. The van der Waals surface area contributed by atoms with E-state index in [1.54, 1.807) is 24.3 Å². The van der Waals surface area contributed by atoms with Gasteiger partial charge in [0.05, 0.1) is 7.11 Å². The first-order valence-corrected chi connectivity index (χ1v) is 9.27. The van der Waals surface area contributed by atoms with Crippen molar-refractivity contribution in [2.24, 2.45) is 0 Å². The molecular weight excluding hydrogens is 386 g/mol. The largest absolute Gasteiger partial charge is 0.484 e. The third kappa shape index (κ3) is 4.67. The average molecular weight is 402 g/mol. The monoisotopic (exact) mass is 401 g/mol. The van der Waals surface area contributed by atoms with Gasteiger partial charge in [0.2, 0.25) is 0 Å². The van der Waals surface area contributed by atoms with E-state index in [2.05, 4.69) is 5.32 Å². The number of methoxy groups -OCH3 is 1. The van der Waals surface area contributed by atoms with Gasteiger partial charge in [0.1, 0.15) is 16.3 Å². The maximum Gasteiger partial charge on any atom is 0.341 e. The molecule has 1 amide bonds. The lowest BCUT2D eigenvalue weighted by molar-refractivity contribution is -0.118. The SMILES string of the molecule is COC(=O)c1c(-c2ccccc2)csc1NC(=O)COc1ccc(Cl)cc1. The molecule has 0 unspecified atom stereocenters. The molecule has 0 aliphatic rings. The molecule has 3 rings (SSSR count). The molecule has 2 aromatic carbocycles. The number of nitrogens with one attached hydrogen (secondary N) is 1. The number of esters is 1. The fourth-order valence-electron chi connectivity index (χ4n) is 2.43. The minimum Gasteiger partial charge on any atom is -0.484 e. The molecule has 1 N–H and O–H groups in total. The van der Waals surface area contributed by atoms with Crippen LogP contribution in [-0.2, 0) is 9.53 Å². The molecule has 3 aromatic rings. The second-order valence-electron chi connectivity index (χ2n) is 5.50. The Kier molecular flexibility index (Phi) is 6.11. The Balaban J connectivity index is 1.76. The fourth-order valence-corrected chi connectivity index (χ4v) is 3.53. The summed E-state index contributed by atoms with van der Waals surface area (Å²) in [4.78, 5) is 24.5. The standard InChI is InChI=1S/C20H16ClNO4S/c1-25-20(24)18-16(13-5-3-2-4-6-13)12-27-19(18)22-17(23)11-26-15-9-7-14(21)8-10-15/h2-10,12H,11H2,1H3,(H,22,23). The van der Waals surface area contributed by atoms with Crippen molar-refractivity contribution in [1.82, 2.24) is 0 Å². The zero-order chi connectivity index (χ0) is 19.2. The lowest BCUT2D eigenvalue weighted by Crippen LogP contribution is -2.21. The van der Waals surface area contributed by atoms with Gasteiger partial charge >= 0.3 is 5.97 Å². The van der Waals surface area contributed by atoms with Crippen molar-refractivity contribution in [3.8, 4) is 16.9 Å². The number of anilines is 1. The summed E-state index contributed by atoms with van der Waals surface area (Å²) in [6.45, 7) is -0.194. The van der Waals surface area contributed by atoms with Crippen LogP contribution in [0.2, 0.25) is 5.02 Å². The molecule has 0 spiro atoms. The molecule has 27 heavy (non-hydrogen) atoms. The van der Waals surface area contributed by atoms with Crippen LogP contribution in [0.3, 0.4) is 0 Å². The molecule has 0 aliphatic heterocycles. The van der Waals surface area contributed by atoms with E-state index in [1.165, 1.54) is 18.4 Å². The Morgan fingerprint density at radius 2 is 1.78 bits per heavy atom. The highest BCUT2D eigenvalue weighted by molar-refractivity contribution is 7.15. The third-order valence-electron chi connectivity index (χ3n) is 3.70. The minimum absolute atomic E-state index is 0.194. The first-order valence-electron chi connectivity index (χ1n) is 8.02. The highest BCUT2D eigenvalue weighted by atomic mass is 35.5. The molecule has 0 fully saturated rings. The zero-order valence-corrected chi connectivity index (χ0v) is 16.0. The van der Waals surface area contributed by atoms with Gasteiger partial charge in [-0.1, -0.05) is 41.9 Å². The van der Waals surface area contributed by atoms with Crippen molar-refractivity contribution in [1.29, 1.82) is 0 Å². The van der Waals surface area contributed by atoms with Gasteiger partial charge in [-0.15, -0.1) is 11.3 Å². The number of hydrogen-bond donors (Lipinski definition) is 1. The van der Waals surface area contributed by atoms with Gasteiger partial charge in [-0.05, 0) is 29.8 Å². The Labute approximate surface area is 165 Å². The predicted molar refractivity (Wildman–Crippen MR) is 107 cm³/mol. The van der Waals surface area contributed by atoms with Crippen LogP contribution >= 0.6 is 22.9 Å². The van der Waals surface area contributed by atoms with Crippen molar-refractivity contribution in [3.05, 3.63) is 70.6 Å². The zero-order valence-electron chi connectivity index (χ0n) is 14.4. The lowest BCUT2D eigenvalue weighted by Gasteiger charge is -2.09. The van der Waals surface area contributed by atoms with E-state index in [0.29, 0.717) is 26.9 Å². The lowest BCUT2D eigenvalue weighted by atomic mass is 10.0. The second-order valence-corrected chi connectivity index (χ2v) is 6.82. The van der Waals surface area contributed by atoms with Crippen molar-refractivity contribution in [3.63, 3.8) is 0 Å². The summed E-state index contributed by atoms with van der Waals surface area (Å²) >= 11 is 7.08. The molecule has 1 heterocycles. The van der Waals surface area contributed by atoms with Gasteiger partial charge in [-0.2, -0.15) is 0 Å². The number of hydrogen-bond acceptors (Lipinski definition) is 5. The molecule has 0 aliphatic carbocycles. The Morgan fingerprint density at radius 1 is 1.07 bits per heavy atom. The van der Waals surface area contributed by atoms with Gasteiger partial charge in [0.25, 0.3) is 5.91 Å². The van der Waals surface area contributed by atoms with E-state index in [-0.39, 0.29) is 12.5 Å². The third-order valence-corrected chi connectivity index (χ3v) is 4.85. The van der Waals surface area contributed by atoms with Crippen LogP contribution in [0.1, 0.15) is 10.4 Å². The molecule has 0 radical (unpaired) electrons. The molecule has 1 aromatic heterocycles. The van der Waals surface area contributed by atoms with Gasteiger partial charge in [0.15, 0.2) is 6.61 Å². The number of ether oxygens (including phenoxy) is 2. The highest BCUT2D eigenvalue weighted by Gasteiger charge is 2.22. The first kappa shape index (κ1) is 18.9. The topological polar surface area (TPSA) is 64.6 Å². The second kappa shape index (κ2) is 8.70. The Morgan fingerprint density at radius 3 is 2.44 bits per heavy atom. The molecule has 0 bridgehead atoms. The van der Waals surface area contributed by atoms with E-state index < -0.39 is 5.97 Å². The summed E-state index contributed by atoms with van der Waals surface area (Å²) < 4.78 is 10.3. The van der Waals surface area contributed by atoms with E-state index >= 15 is 0 Å². The Bertz CT molecular complexity index is 938. The molecule has 5 nitrogen and oxygen atoms in total. The summed E-state index contributed by atoms with van der Waals surface area (Å²) in [6.07, 6.45) is 0. The van der Waals surface area contributed by atoms with Gasteiger partial charge in [-0.3, -0.25) is 4.79 Å².